The van der Waals surface area contributed by atoms with Gasteiger partial charge in [0.15, 0.2) is 0 Å². The highest BCUT2D eigenvalue weighted by Crippen LogP contribution is 2.29. The Morgan fingerprint density at radius 3 is 1.86 bits per heavy atom. The molecule has 1 heterocycles. The highest BCUT2D eigenvalue weighted by atomic mass is 35.5. The molecule has 4 heteroatoms. The Hall–Kier alpha value is -0.280. The molecule has 1 aromatic rings. The van der Waals surface area contributed by atoms with Crippen molar-refractivity contribution in [2.75, 3.05) is 26.2 Å². The third kappa shape index (κ3) is 6.08. The van der Waals surface area contributed by atoms with Crippen LogP contribution in [0.15, 0.2) is 24.3 Å². The highest BCUT2D eigenvalue weighted by Gasteiger charge is 2.22. The second-order valence-electron chi connectivity index (χ2n) is 6.75. The van der Waals surface area contributed by atoms with Crippen molar-refractivity contribution in [1.29, 1.82) is 0 Å². The van der Waals surface area contributed by atoms with Gasteiger partial charge in [0, 0.05) is 32.2 Å². The SMILES string of the molecule is CC(C)C[C@H](c1ccc(C(C)C)cc1)N1CCNCC1.Cl.Cl. The topological polar surface area (TPSA) is 15.3 Å². The van der Waals surface area contributed by atoms with E-state index in [2.05, 4.69) is 62.2 Å². The summed E-state index contributed by atoms with van der Waals surface area (Å²) in [6.07, 6.45) is 1.25. The Morgan fingerprint density at radius 2 is 1.41 bits per heavy atom. The molecule has 0 unspecified atom stereocenters. The van der Waals surface area contributed by atoms with E-state index >= 15 is 0 Å². The molecule has 128 valence electrons. The Bertz CT molecular complexity index is 398. The highest BCUT2D eigenvalue weighted by molar-refractivity contribution is 5.85. The van der Waals surface area contributed by atoms with Crippen LogP contribution < -0.4 is 5.32 Å². The second-order valence-corrected chi connectivity index (χ2v) is 6.75. The van der Waals surface area contributed by atoms with E-state index in [1.807, 2.05) is 0 Å². The van der Waals surface area contributed by atoms with Crippen LogP contribution in [-0.4, -0.2) is 31.1 Å². The zero-order chi connectivity index (χ0) is 14.5. The van der Waals surface area contributed by atoms with Crippen molar-refractivity contribution in [3.63, 3.8) is 0 Å². The molecule has 1 atom stereocenters. The minimum atomic E-state index is 0. The normalized spacial score (nSPS) is 17.0. The van der Waals surface area contributed by atoms with Gasteiger partial charge in [-0.3, -0.25) is 4.90 Å². The fourth-order valence-electron chi connectivity index (χ4n) is 3.04. The van der Waals surface area contributed by atoms with E-state index < -0.39 is 0 Å². The lowest BCUT2D eigenvalue weighted by Crippen LogP contribution is -2.45. The van der Waals surface area contributed by atoms with Gasteiger partial charge in [0.05, 0.1) is 0 Å². The molecule has 0 aromatic heterocycles. The first-order chi connectivity index (χ1) is 9.58. The Kier molecular flexibility index (Phi) is 10.4. The average molecular weight is 347 g/mol. The minimum absolute atomic E-state index is 0. The quantitative estimate of drug-likeness (QED) is 0.834. The van der Waals surface area contributed by atoms with Crippen LogP contribution in [0.1, 0.15) is 57.2 Å². The lowest BCUT2D eigenvalue weighted by molar-refractivity contribution is 0.154. The van der Waals surface area contributed by atoms with E-state index in [0.29, 0.717) is 12.0 Å². The molecule has 22 heavy (non-hydrogen) atoms. The van der Waals surface area contributed by atoms with Crippen LogP contribution in [0, 0.1) is 5.92 Å². The van der Waals surface area contributed by atoms with Gasteiger partial charge in [-0.2, -0.15) is 0 Å². The second kappa shape index (κ2) is 10.5. The van der Waals surface area contributed by atoms with E-state index in [1.54, 1.807) is 0 Å². The van der Waals surface area contributed by atoms with Gasteiger partial charge in [-0.1, -0.05) is 52.0 Å². The van der Waals surface area contributed by atoms with Crippen LogP contribution in [0.4, 0.5) is 0 Å². The fraction of sp³-hybridized carbons (Fsp3) is 0.667. The summed E-state index contributed by atoms with van der Waals surface area (Å²) in [6, 6.07) is 9.91. The molecule has 1 saturated heterocycles. The molecule has 1 aliphatic heterocycles. The number of nitrogens with zero attached hydrogens (tertiary/aromatic N) is 1. The maximum Gasteiger partial charge on any atom is 0.0351 e. The minimum Gasteiger partial charge on any atom is -0.314 e. The van der Waals surface area contributed by atoms with E-state index in [9.17, 15) is 0 Å². The van der Waals surface area contributed by atoms with Crippen LogP contribution in [0.25, 0.3) is 0 Å². The standard InChI is InChI=1S/C18H30N2.2ClH/c1-14(2)13-18(20-11-9-19-10-12-20)17-7-5-16(6-8-17)15(3)4;;/h5-8,14-15,18-19H,9-13H2,1-4H3;2*1H/t18-;;/m1../s1. The third-order valence-corrected chi connectivity index (χ3v) is 4.27. The number of halogens is 2. The zero-order valence-electron chi connectivity index (χ0n) is 14.3. The molecule has 0 amide bonds. The fourth-order valence-corrected chi connectivity index (χ4v) is 3.04. The molecule has 0 radical (unpaired) electrons. The monoisotopic (exact) mass is 346 g/mol. The summed E-state index contributed by atoms with van der Waals surface area (Å²) in [4.78, 5) is 2.65. The number of nitrogens with one attached hydrogen (secondary N) is 1. The van der Waals surface area contributed by atoms with Gasteiger partial charge >= 0.3 is 0 Å². The molecule has 0 spiro atoms. The number of rotatable bonds is 5. The molecule has 1 aromatic carbocycles. The van der Waals surface area contributed by atoms with E-state index in [0.717, 1.165) is 19.0 Å². The van der Waals surface area contributed by atoms with Crippen LogP contribution in [0.3, 0.4) is 0 Å². The van der Waals surface area contributed by atoms with Crippen molar-refractivity contribution in [1.82, 2.24) is 10.2 Å². The van der Waals surface area contributed by atoms with Crippen molar-refractivity contribution >= 4 is 24.8 Å². The van der Waals surface area contributed by atoms with E-state index in [-0.39, 0.29) is 24.8 Å². The lowest BCUT2D eigenvalue weighted by Gasteiger charge is -2.36. The van der Waals surface area contributed by atoms with E-state index in [4.69, 9.17) is 0 Å². The maximum absolute atomic E-state index is 3.46. The summed E-state index contributed by atoms with van der Waals surface area (Å²) in [5.41, 5.74) is 2.93. The van der Waals surface area contributed by atoms with Gasteiger partial charge < -0.3 is 5.32 Å². The van der Waals surface area contributed by atoms with Crippen LogP contribution in [0.2, 0.25) is 0 Å². The molecule has 0 bridgehead atoms. The molecule has 1 fully saturated rings. The van der Waals surface area contributed by atoms with Gasteiger partial charge in [-0.15, -0.1) is 24.8 Å². The molecular formula is C18H32Cl2N2. The molecule has 0 saturated carbocycles. The van der Waals surface area contributed by atoms with Crippen molar-refractivity contribution in [2.45, 2.75) is 46.1 Å². The predicted molar refractivity (Wildman–Crippen MR) is 102 cm³/mol. The number of hydrogen-bond acceptors (Lipinski definition) is 2. The maximum atomic E-state index is 3.46. The molecule has 2 rings (SSSR count). The first-order valence-corrected chi connectivity index (χ1v) is 8.12. The summed E-state index contributed by atoms with van der Waals surface area (Å²) in [6.45, 7) is 13.8. The van der Waals surface area contributed by atoms with Gasteiger partial charge in [-0.05, 0) is 29.4 Å². The van der Waals surface area contributed by atoms with Crippen molar-refractivity contribution < 1.29 is 0 Å². The summed E-state index contributed by atoms with van der Waals surface area (Å²) in [5, 5.41) is 3.46. The largest absolute Gasteiger partial charge is 0.314 e. The number of piperazine rings is 1. The lowest BCUT2D eigenvalue weighted by atomic mass is 9.93. The average Bonchev–Trinajstić information content (AvgIpc) is 2.45. The molecular weight excluding hydrogens is 315 g/mol. The summed E-state index contributed by atoms with van der Waals surface area (Å²) >= 11 is 0. The molecule has 2 nitrogen and oxygen atoms in total. The van der Waals surface area contributed by atoms with Gasteiger partial charge in [0.2, 0.25) is 0 Å². The smallest absolute Gasteiger partial charge is 0.0351 e. The van der Waals surface area contributed by atoms with Crippen molar-refractivity contribution in [3.8, 4) is 0 Å². The van der Waals surface area contributed by atoms with Gasteiger partial charge in [0.1, 0.15) is 0 Å². The number of benzene rings is 1. The first kappa shape index (κ1) is 21.7. The number of hydrogen-bond donors (Lipinski definition) is 1. The Morgan fingerprint density at radius 1 is 0.909 bits per heavy atom. The third-order valence-electron chi connectivity index (χ3n) is 4.27. The summed E-state index contributed by atoms with van der Waals surface area (Å²) in [5.74, 6) is 1.35. The van der Waals surface area contributed by atoms with Gasteiger partial charge in [0.25, 0.3) is 0 Å². The first-order valence-electron chi connectivity index (χ1n) is 8.12. The molecule has 1 N–H and O–H groups in total. The Balaban J connectivity index is 0.00000220. The molecule has 0 aliphatic carbocycles. The predicted octanol–water partition coefficient (Wildman–Crippen LogP) is 4.65. The van der Waals surface area contributed by atoms with Crippen LogP contribution in [-0.2, 0) is 0 Å². The van der Waals surface area contributed by atoms with Crippen LogP contribution >= 0.6 is 24.8 Å². The summed E-state index contributed by atoms with van der Waals surface area (Å²) < 4.78 is 0. The van der Waals surface area contributed by atoms with Crippen molar-refractivity contribution in [3.05, 3.63) is 35.4 Å². The molecule has 1 aliphatic rings. The van der Waals surface area contributed by atoms with Crippen LogP contribution in [0.5, 0.6) is 0 Å². The zero-order valence-corrected chi connectivity index (χ0v) is 16.0. The van der Waals surface area contributed by atoms with E-state index in [1.165, 1.54) is 30.6 Å². The summed E-state index contributed by atoms with van der Waals surface area (Å²) in [7, 11) is 0. The van der Waals surface area contributed by atoms with Crippen molar-refractivity contribution in [2.24, 2.45) is 5.92 Å². The Labute approximate surface area is 148 Å². The van der Waals surface area contributed by atoms with Gasteiger partial charge in [-0.25, -0.2) is 0 Å².